The average Bonchev–Trinajstić information content (AvgIpc) is 2.90. The summed E-state index contributed by atoms with van der Waals surface area (Å²) < 4.78 is 31.7. The number of phenols is 1. The van der Waals surface area contributed by atoms with Gasteiger partial charge >= 0.3 is 0 Å². The molecule has 1 heterocycles. The minimum Gasteiger partial charge on any atom is -0.506 e. The van der Waals surface area contributed by atoms with Crippen molar-refractivity contribution in [3.63, 3.8) is 0 Å². The number of phenolic OH excluding ortho intramolecular Hbond substituents is 1. The van der Waals surface area contributed by atoms with Crippen molar-refractivity contribution in [1.82, 2.24) is 15.0 Å². The fourth-order valence-electron chi connectivity index (χ4n) is 2.26. The van der Waals surface area contributed by atoms with E-state index in [1.165, 1.54) is 11.7 Å². The van der Waals surface area contributed by atoms with Gasteiger partial charge in [0.25, 0.3) is 10.1 Å². The molecule has 0 saturated heterocycles. The molecule has 120 valence electrons. The molecule has 0 saturated carbocycles. The Kier molecular flexibility index (Phi) is 3.57. The van der Waals surface area contributed by atoms with Gasteiger partial charge in [-0.25, -0.2) is 0 Å². The van der Waals surface area contributed by atoms with E-state index in [0.717, 1.165) is 5.56 Å². The van der Waals surface area contributed by atoms with Crippen LogP contribution in [-0.2, 0) is 10.1 Å². The van der Waals surface area contributed by atoms with Gasteiger partial charge in [-0.15, -0.1) is 15.0 Å². The van der Waals surface area contributed by atoms with Crippen LogP contribution in [0.2, 0.25) is 0 Å². The van der Waals surface area contributed by atoms with Gasteiger partial charge in [-0.2, -0.15) is 8.42 Å². The lowest BCUT2D eigenvalue weighted by molar-refractivity contribution is 0.467. The van der Waals surface area contributed by atoms with Crippen LogP contribution in [-0.4, -0.2) is 33.1 Å². The summed E-state index contributed by atoms with van der Waals surface area (Å²) in [5.74, 6) is 0.0439. The first-order valence-corrected chi connectivity index (χ1v) is 8.39. The van der Waals surface area contributed by atoms with Crippen molar-refractivity contribution in [2.45, 2.75) is 19.1 Å². The Bertz CT molecular complexity index is 995. The first-order chi connectivity index (χ1) is 10.8. The van der Waals surface area contributed by atoms with E-state index >= 15 is 0 Å². The van der Waals surface area contributed by atoms with E-state index in [0.29, 0.717) is 22.3 Å². The van der Waals surface area contributed by atoms with E-state index in [2.05, 4.69) is 10.2 Å². The van der Waals surface area contributed by atoms with Gasteiger partial charge in [0.15, 0.2) is 0 Å². The van der Waals surface area contributed by atoms with Crippen molar-refractivity contribution < 1.29 is 18.1 Å². The standard InChI is InChI=1S/C15H15N3O4S/c1-9-3-6-15(19)14(7-9)18-16-12-5-4-11(8-13(12)17-18)10(2)23(20,21)22/h3-8,10,19H,1-2H3,(H,20,21,22). The van der Waals surface area contributed by atoms with Crippen molar-refractivity contribution in [1.29, 1.82) is 0 Å². The number of fused-ring (bicyclic) bond motifs is 1. The van der Waals surface area contributed by atoms with Crippen LogP contribution in [0.4, 0.5) is 0 Å². The zero-order valence-corrected chi connectivity index (χ0v) is 13.3. The van der Waals surface area contributed by atoms with Crippen molar-refractivity contribution in [2.24, 2.45) is 0 Å². The van der Waals surface area contributed by atoms with Gasteiger partial charge in [0.05, 0.1) is 0 Å². The largest absolute Gasteiger partial charge is 0.506 e. The van der Waals surface area contributed by atoms with E-state index in [-0.39, 0.29) is 5.75 Å². The van der Waals surface area contributed by atoms with Gasteiger partial charge in [0, 0.05) is 0 Å². The average molecular weight is 333 g/mol. The molecule has 3 aromatic rings. The third-order valence-corrected chi connectivity index (χ3v) is 4.83. The van der Waals surface area contributed by atoms with E-state index in [1.807, 2.05) is 6.92 Å². The Morgan fingerprint density at radius 3 is 2.48 bits per heavy atom. The number of rotatable bonds is 3. The maximum absolute atomic E-state index is 11.3. The highest BCUT2D eigenvalue weighted by Gasteiger charge is 2.20. The predicted molar refractivity (Wildman–Crippen MR) is 85.2 cm³/mol. The van der Waals surface area contributed by atoms with Crippen molar-refractivity contribution in [2.75, 3.05) is 0 Å². The van der Waals surface area contributed by atoms with Gasteiger partial charge < -0.3 is 5.11 Å². The van der Waals surface area contributed by atoms with Gasteiger partial charge in [0.1, 0.15) is 27.7 Å². The molecule has 2 aromatic carbocycles. The van der Waals surface area contributed by atoms with E-state index < -0.39 is 15.4 Å². The summed E-state index contributed by atoms with van der Waals surface area (Å²) in [5, 5.41) is 17.5. The zero-order chi connectivity index (χ0) is 16.8. The normalized spacial score (nSPS) is 13.3. The molecule has 2 N–H and O–H groups in total. The summed E-state index contributed by atoms with van der Waals surface area (Å²) in [6, 6.07) is 9.84. The molecule has 0 radical (unpaired) electrons. The lowest BCUT2D eigenvalue weighted by atomic mass is 10.1. The highest BCUT2D eigenvalue weighted by molar-refractivity contribution is 7.86. The van der Waals surface area contributed by atoms with Crippen LogP contribution in [0.25, 0.3) is 16.7 Å². The van der Waals surface area contributed by atoms with Crippen LogP contribution >= 0.6 is 0 Å². The first-order valence-electron chi connectivity index (χ1n) is 6.89. The SMILES string of the molecule is Cc1ccc(O)c(-n2nc3ccc(C(C)S(=O)(=O)O)cc3n2)c1. The fourth-order valence-corrected chi connectivity index (χ4v) is 2.75. The molecule has 1 unspecified atom stereocenters. The summed E-state index contributed by atoms with van der Waals surface area (Å²) in [6.07, 6.45) is 0. The summed E-state index contributed by atoms with van der Waals surface area (Å²) >= 11 is 0. The Hall–Kier alpha value is -2.45. The first kappa shape index (κ1) is 15.4. The molecule has 0 amide bonds. The molecule has 0 bridgehead atoms. The summed E-state index contributed by atoms with van der Waals surface area (Å²) in [4.78, 5) is 1.30. The Balaban J connectivity index is 2.11. The van der Waals surface area contributed by atoms with E-state index in [4.69, 9.17) is 4.55 Å². The number of aromatic nitrogens is 3. The molecule has 0 fully saturated rings. The zero-order valence-electron chi connectivity index (χ0n) is 12.5. The molecular weight excluding hydrogens is 318 g/mol. The summed E-state index contributed by atoms with van der Waals surface area (Å²) in [5.41, 5.74) is 2.82. The van der Waals surface area contributed by atoms with Crippen LogP contribution in [0, 0.1) is 6.92 Å². The van der Waals surface area contributed by atoms with Crippen LogP contribution in [0.15, 0.2) is 36.4 Å². The lowest BCUT2D eigenvalue weighted by Gasteiger charge is -2.07. The van der Waals surface area contributed by atoms with Gasteiger partial charge in [0.2, 0.25) is 0 Å². The van der Waals surface area contributed by atoms with Crippen LogP contribution < -0.4 is 0 Å². The number of aryl methyl sites for hydroxylation is 1. The number of hydrogen-bond donors (Lipinski definition) is 2. The van der Waals surface area contributed by atoms with Gasteiger partial charge in [-0.3, -0.25) is 4.55 Å². The number of benzene rings is 2. The molecule has 23 heavy (non-hydrogen) atoms. The monoisotopic (exact) mass is 333 g/mol. The van der Waals surface area contributed by atoms with Crippen molar-refractivity contribution in [3.8, 4) is 11.4 Å². The quantitative estimate of drug-likeness (QED) is 0.713. The molecule has 0 aliphatic rings. The van der Waals surface area contributed by atoms with E-state index in [1.54, 1.807) is 36.4 Å². The second kappa shape index (κ2) is 5.32. The molecule has 0 aliphatic carbocycles. The Morgan fingerprint density at radius 1 is 1.09 bits per heavy atom. The number of hydrogen-bond acceptors (Lipinski definition) is 5. The minimum absolute atomic E-state index is 0.0439. The van der Waals surface area contributed by atoms with Gasteiger partial charge in [-0.05, 0) is 49.2 Å². The second-order valence-electron chi connectivity index (χ2n) is 5.39. The topological polar surface area (TPSA) is 105 Å². The van der Waals surface area contributed by atoms with Gasteiger partial charge in [-0.1, -0.05) is 12.1 Å². The Labute approximate surface area is 132 Å². The summed E-state index contributed by atoms with van der Waals surface area (Å²) in [6.45, 7) is 3.28. The molecule has 1 atom stereocenters. The maximum atomic E-state index is 11.3. The van der Waals surface area contributed by atoms with Crippen LogP contribution in [0.1, 0.15) is 23.3 Å². The third-order valence-electron chi connectivity index (χ3n) is 3.67. The number of nitrogens with zero attached hydrogens (tertiary/aromatic N) is 3. The summed E-state index contributed by atoms with van der Waals surface area (Å²) in [7, 11) is -4.18. The molecule has 8 heteroatoms. The van der Waals surface area contributed by atoms with Crippen LogP contribution in [0.5, 0.6) is 5.75 Å². The molecule has 0 spiro atoms. The van der Waals surface area contributed by atoms with Crippen molar-refractivity contribution in [3.05, 3.63) is 47.5 Å². The highest BCUT2D eigenvalue weighted by atomic mass is 32.2. The second-order valence-corrected chi connectivity index (χ2v) is 7.12. The minimum atomic E-state index is -4.18. The molecular formula is C15H15N3O4S. The molecule has 1 aromatic heterocycles. The Morgan fingerprint density at radius 2 is 1.78 bits per heavy atom. The fraction of sp³-hybridized carbons (Fsp3) is 0.200. The smallest absolute Gasteiger partial charge is 0.271 e. The molecule has 7 nitrogen and oxygen atoms in total. The highest BCUT2D eigenvalue weighted by Crippen LogP contribution is 2.26. The number of aromatic hydroxyl groups is 1. The van der Waals surface area contributed by atoms with E-state index in [9.17, 15) is 13.5 Å². The predicted octanol–water partition coefficient (Wildman–Crippen LogP) is 2.38. The third kappa shape index (κ3) is 2.90. The lowest BCUT2D eigenvalue weighted by Crippen LogP contribution is -2.08. The van der Waals surface area contributed by atoms with Crippen LogP contribution in [0.3, 0.4) is 0 Å². The molecule has 0 aliphatic heterocycles. The maximum Gasteiger partial charge on any atom is 0.271 e. The van der Waals surface area contributed by atoms with Crippen molar-refractivity contribution >= 4 is 21.2 Å². The molecule has 3 rings (SSSR count).